The van der Waals surface area contributed by atoms with Crippen LogP contribution in [-0.4, -0.2) is 47.6 Å². The standard InChI is InChI=1S/C17H27N3O3/c1-13-11-14(2)20(16(21)19-13)7-6-18-15-3-8-23-17(12-15)4-9-22-10-5-17/h11,15,18H,3-10,12H2,1-2H3. The van der Waals surface area contributed by atoms with Crippen LogP contribution < -0.4 is 11.0 Å². The third kappa shape index (κ3) is 4.00. The minimum Gasteiger partial charge on any atom is -0.381 e. The minimum absolute atomic E-state index is 0.00628. The van der Waals surface area contributed by atoms with Crippen molar-refractivity contribution in [2.75, 3.05) is 26.4 Å². The van der Waals surface area contributed by atoms with Gasteiger partial charge in [0.05, 0.1) is 5.60 Å². The normalized spacial score (nSPS) is 24.0. The van der Waals surface area contributed by atoms with Crippen molar-refractivity contribution < 1.29 is 9.47 Å². The summed E-state index contributed by atoms with van der Waals surface area (Å²) in [5, 5.41) is 3.60. The number of ether oxygens (including phenoxy) is 2. The van der Waals surface area contributed by atoms with Crippen LogP contribution in [-0.2, 0) is 16.0 Å². The van der Waals surface area contributed by atoms with E-state index in [9.17, 15) is 4.79 Å². The molecule has 0 bridgehead atoms. The fourth-order valence-electron chi connectivity index (χ4n) is 3.72. The molecule has 1 spiro atoms. The van der Waals surface area contributed by atoms with E-state index in [0.717, 1.165) is 63.4 Å². The molecule has 23 heavy (non-hydrogen) atoms. The summed E-state index contributed by atoms with van der Waals surface area (Å²) in [6.07, 6.45) is 4.05. The van der Waals surface area contributed by atoms with Crippen LogP contribution in [0.3, 0.4) is 0 Å². The Bertz CT molecular complexity index is 588. The minimum atomic E-state index is -0.155. The van der Waals surface area contributed by atoms with Gasteiger partial charge in [-0.1, -0.05) is 0 Å². The SMILES string of the molecule is Cc1cc(C)n(CCNC2CCOC3(CCOCC3)C2)c(=O)n1. The molecule has 1 atom stereocenters. The van der Waals surface area contributed by atoms with Crippen LogP contribution in [0.4, 0.5) is 0 Å². The van der Waals surface area contributed by atoms with Crippen LogP contribution in [0, 0.1) is 13.8 Å². The quantitative estimate of drug-likeness (QED) is 0.902. The van der Waals surface area contributed by atoms with Gasteiger partial charge in [-0.25, -0.2) is 4.79 Å². The highest BCUT2D eigenvalue weighted by Crippen LogP contribution is 2.34. The zero-order valence-corrected chi connectivity index (χ0v) is 14.1. The highest BCUT2D eigenvalue weighted by Gasteiger charge is 2.38. The van der Waals surface area contributed by atoms with Crippen molar-refractivity contribution in [2.45, 2.75) is 57.7 Å². The Kier molecular flexibility index (Phi) is 5.14. The number of aromatic nitrogens is 2. The summed E-state index contributed by atoms with van der Waals surface area (Å²) in [4.78, 5) is 16.0. The summed E-state index contributed by atoms with van der Waals surface area (Å²) in [5.74, 6) is 0. The molecule has 0 aromatic carbocycles. The van der Waals surface area contributed by atoms with E-state index in [0.29, 0.717) is 12.6 Å². The highest BCUT2D eigenvalue weighted by molar-refractivity contribution is 5.06. The van der Waals surface area contributed by atoms with Crippen LogP contribution in [0.1, 0.15) is 37.1 Å². The molecule has 2 fully saturated rings. The zero-order valence-electron chi connectivity index (χ0n) is 14.1. The maximum atomic E-state index is 12.0. The molecule has 3 heterocycles. The summed E-state index contributed by atoms with van der Waals surface area (Å²) >= 11 is 0. The molecular weight excluding hydrogens is 294 g/mol. The molecule has 128 valence electrons. The summed E-state index contributed by atoms with van der Waals surface area (Å²) < 4.78 is 13.3. The maximum Gasteiger partial charge on any atom is 0.347 e. The number of aryl methyl sites for hydroxylation is 2. The van der Waals surface area contributed by atoms with Gasteiger partial charge in [0.1, 0.15) is 0 Å². The van der Waals surface area contributed by atoms with Crippen molar-refractivity contribution in [1.29, 1.82) is 0 Å². The smallest absolute Gasteiger partial charge is 0.347 e. The molecule has 0 aliphatic carbocycles. The second-order valence-electron chi connectivity index (χ2n) is 6.76. The highest BCUT2D eigenvalue weighted by atomic mass is 16.5. The van der Waals surface area contributed by atoms with Gasteiger partial charge >= 0.3 is 5.69 Å². The van der Waals surface area contributed by atoms with Crippen molar-refractivity contribution in [2.24, 2.45) is 0 Å². The van der Waals surface area contributed by atoms with Gasteiger partial charge in [0, 0.05) is 50.3 Å². The van der Waals surface area contributed by atoms with Crippen LogP contribution >= 0.6 is 0 Å². The second kappa shape index (κ2) is 7.11. The molecule has 0 amide bonds. The van der Waals surface area contributed by atoms with Crippen molar-refractivity contribution >= 4 is 0 Å². The number of hydrogen-bond donors (Lipinski definition) is 1. The monoisotopic (exact) mass is 321 g/mol. The van der Waals surface area contributed by atoms with Gasteiger partial charge in [-0.3, -0.25) is 4.57 Å². The predicted octanol–water partition coefficient (Wildman–Crippen LogP) is 1.18. The Labute approximate surface area is 137 Å². The van der Waals surface area contributed by atoms with Gasteiger partial charge in [0.15, 0.2) is 0 Å². The van der Waals surface area contributed by atoms with Crippen molar-refractivity contribution in [1.82, 2.24) is 14.9 Å². The average Bonchev–Trinajstić information content (AvgIpc) is 2.51. The molecule has 0 saturated carbocycles. The first kappa shape index (κ1) is 16.6. The Balaban J connectivity index is 1.53. The number of nitrogens with zero attached hydrogens (tertiary/aromatic N) is 2. The second-order valence-corrected chi connectivity index (χ2v) is 6.76. The van der Waals surface area contributed by atoms with Crippen molar-refractivity contribution in [3.63, 3.8) is 0 Å². The van der Waals surface area contributed by atoms with Crippen molar-refractivity contribution in [3.8, 4) is 0 Å². The fraction of sp³-hybridized carbons (Fsp3) is 0.765. The molecule has 0 radical (unpaired) electrons. The lowest BCUT2D eigenvalue weighted by Crippen LogP contribution is -2.50. The molecule has 6 heteroatoms. The Morgan fingerprint density at radius 3 is 2.87 bits per heavy atom. The molecule has 2 saturated heterocycles. The Morgan fingerprint density at radius 2 is 2.13 bits per heavy atom. The van der Waals surface area contributed by atoms with Gasteiger partial charge in [-0.05, 0) is 45.6 Å². The zero-order chi connectivity index (χ0) is 16.3. The molecule has 6 nitrogen and oxygen atoms in total. The Morgan fingerprint density at radius 1 is 1.35 bits per heavy atom. The van der Waals surface area contributed by atoms with Crippen LogP contribution in [0.15, 0.2) is 10.9 Å². The third-order valence-electron chi connectivity index (χ3n) is 5.01. The molecule has 1 aromatic heterocycles. The lowest BCUT2D eigenvalue weighted by Gasteiger charge is -2.43. The van der Waals surface area contributed by atoms with Crippen LogP contribution in [0.5, 0.6) is 0 Å². The lowest BCUT2D eigenvalue weighted by atomic mass is 9.84. The molecular formula is C17H27N3O3. The van der Waals surface area contributed by atoms with E-state index in [4.69, 9.17) is 9.47 Å². The van der Waals surface area contributed by atoms with E-state index in [2.05, 4.69) is 10.3 Å². The van der Waals surface area contributed by atoms with Gasteiger partial charge in [-0.15, -0.1) is 0 Å². The first-order valence-electron chi connectivity index (χ1n) is 8.58. The van der Waals surface area contributed by atoms with E-state index in [1.54, 1.807) is 4.57 Å². The first-order chi connectivity index (χ1) is 11.1. The van der Waals surface area contributed by atoms with Gasteiger partial charge < -0.3 is 14.8 Å². The van der Waals surface area contributed by atoms with Gasteiger partial charge in [0.25, 0.3) is 0 Å². The maximum absolute atomic E-state index is 12.0. The largest absolute Gasteiger partial charge is 0.381 e. The summed E-state index contributed by atoms with van der Waals surface area (Å²) in [6.45, 7) is 7.66. The predicted molar refractivity (Wildman–Crippen MR) is 87.7 cm³/mol. The van der Waals surface area contributed by atoms with Crippen LogP contribution in [0.25, 0.3) is 0 Å². The van der Waals surface area contributed by atoms with Crippen LogP contribution in [0.2, 0.25) is 0 Å². The van der Waals surface area contributed by atoms with E-state index < -0.39 is 0 Å². The first-order valence-corrected chi connectivity index (χ1v) is 8.58. The van der Waals surface area contributed by atoms with Gasteiger partial charge in [0.2, 0.25) is 0 Å². The Hall–Kier alpha value is -1.24. The summed E-state index contributed by atoms with van der Waals surface area (Å²) in [7, 11) is 0. The van der Waals surface area contributed by atoms with E-state index in [1.165, 1.54) is 0 Å². The van der Waals surface area contributed by atoms with E-state index >= 15 is 0 Å². The summed E-state index contributed by atoms with van der Waals surface area (Å²) in [5.41, 5.74) is 1.60. The average molecular weight is 321 g/mol. The van der Waals surface area contributed by atoms with E-state index in [-0.39, 0.29) is 11.3 Å². The third-order valence-corrected chi connectivity index (χ3v) is 5.01. The number of hydrogen-bond acceptors (Lipinski definition) is 5. The molecule has 1 unspecified atom stereocenters. The summed E-state index contributed by atoms with van der Waals surface area (Å²) in [6, 6.07) is 2.41. The molecule has 3 rings (SSSR count). The topological polar surface area (TPSA) is 65.4 Å². The van der Waals surface area contributed by atoms with E-state index in [1.807, 2.05) is 19.9 Å². The fourth-order valence-corrected chi connectivity index (χ4v) is 3.72. The van der Waals surface area contributed by atoms with Gasteiger partial charge in [-0.2, -0.15) is 4.98 Å². The number of nitrogens with one attached hydrogen (secondary N) is 1. The molecule has 2 aliphatic heterocycles. The molecule has 1 aromatic rings. The lowest BCUT2D eigenvalue weighted by molar-refractivity contribution is -0.140. The molecule has 1 N–H and O–H groups in total. The number of rotatable bonds is 4. The molecule has 2 aliphatic rings. The van der Waals surface area contributed by atoms with Crippen molar-refractivity contribution in [3.05, 3.63) is 27.9 Å².